The van der Waals surface area contributed by atoms with Crippen molar-refractivity contribution < 1.29 is 0 Å². The number of hydrogen-bond acceptors (Lipinski definition) is 2. The minimum atomic E-state index is 0.104. The first-order valence-corrected chi connectivity index (χ1v) is 16.8. The highest BCUT2D eigenvalue weighted by Crippen LogP contribution is 2.45. The van der Waals surface area contributed by atoms with Gasteiger partial charge in [0, 0.05) is 34.1 Å². The number of para-hydroxylation sites is 1. The summed E-state index contributed by atoms with van der Waals surface area (Å²) in [6.07, 6.45) is 0. The van der Waals surface area contributed by atoms with Crippen LogP contribution in [-0.2, 0) is 0 Å². The summed E-state index contributed by atoms with van der Waals surface area (Å²) in [5.74, 6) is 0. The van der Waals surface area contributed by atoms with Crippen LogP contribution < -0.4 is 26.2 Å². The minimum Gasteiger partial charge on any atom is -0.311 e. The van der Waals surface area contributed by atoms with Crippen molar-refractivity contribution in [3.8, 4) is 22.3 Å². The number of nitrogens with zero attached hydrogens (tertiary/aromatic N) is 2. The second-order valence-corrected chi connectivity index (χ2v) is 13.3. The van der Waals surface area contributed by atoms with Crippen LogP contribution in [0.5, 0.6) is 0 Å². The molecule has 7 aromatic carbocycles. The molecule has 0 saturated carbocycles. The molecule has 48 heavy (non-hydrogen) atoms. The normalized spacial score (nSPS) is 12.8. The van der Waals surface area contributed by atoms with Gasteiger partial charge in [0.15, 0.2) is 0 Å². The van der Waals surface area contributed by atoms with Crippen LogP contribution in [0.2, 0.25) is 0 Å². The SMILES string of the molecule is Cc1ccc(-c2cccc(N3c4cc(-c5ccc(C)cc5)ccc4B4c5ccccc5N(c5ccc(C)cc5)c5cccc3c54)c2)cc1. The molecule has 0 atom stereocenters. The Labute approximate surface area is 283 Å². The first-order valence-electron chi connectivity index (χ1n) is 16.8. The summed E-state index contributed by atoms with van der Waals surface area (Å²) in [5.41, 5.74) is 19.9. The molecule has 9 rings (SSSR count). The molecule has 0 N–H and O–H groups in total. The van der Waals surface area contributed by atoms with Crippen LogP contribution in [0, 0.1) is 20.8 Å². The van der Waals surface area contributed by atoms with Gasteiger partial charge in [-0.2, -0.15) is 0 Å². The van der Waals surface area contributed by atoms with Crippen molar-refractivity contribution in [2.75, 3.05) is 9.80 Å². The third-order valence-corrected chi connectivity index (χ3v) is 10.1. The average Bonchev–Trinajstić information content (AvgIpc) is 3.12. The molecule has 0 bridgehead atoms. The van der Waals surface area contributed by atoms with Crippen molar-refractivity contribution >= 4 is 57.2 Å². The molecule has 0 amide bonds. The van der Waals surface area contributed by atoms with E-state index in [1.54, 1.807) is 0 Å². The van der Waals surface area contributed by atoms with Crippen molar-refractivity contribution in [3.05, 3.63) is 174 Å². The monoisotopic (exact) mass is 614 g/mol. The lowest BCUT2D eigenvalue weighted by atomic mass is 9.33. The van der Waals surface area contributed by atoms with E-state index in [9.17, 15) is 0 Å². The van der Waals surface area contributed by atoms with Crippen LogP contribution in [0.4, 0.5) is 34.1 Å². The summed E-state index contributed by atoms with van der Waals surface area (Å²) < 4.78 is 0. The predicted molar refractivity (Wildman–Crippen MR) is 206 cm³/mol. The maximum absolute atomic E-state index is 2.50. The Balaban J connectivity index is 1.31. The maximum Gasteiger partial charge on any atom is 0.252 e. The topological polar surface area (TPSA) is 6.48 Å². The second-order valence-electron chi connectivity index (χ2n) is 13.3. The first kappa shape index (κ1) is 28.4. The fourth-order valence-electron chi connectivity index (χ4n) is 7.63. The zero-order valence-corrected chi connectivity index (χ0v) is 27.5. The molecule has 0 aromatic heterocycles. The number of aryl methyl sites for hydroxylation is 3. The van der Waals surface area contributed by atoms with Crippen LogP contribution >= 0.6 is 0 Å². The molecule has 228 valence electrons. The highest BCUT2D eigenvalue weighted by molar-refractivity contribution is 7.00. The van der Waals surface area contributed by atoms with E-state index >= 15 is 0 Å². The summed E-state index contributed by atoms with van der Waals surface area (Å²) in [7, 11) is 0. The van der Waals surface area contributed by atoms with E-state index in [-0.39, 0.29) is 6.71 Å². The van der Waals surface area contributed by atoms with E-state index in [1.807, 2.05) is 0 Å². The largest absolute Gasteiger partial charge is 0.311 e. The van der Waals surface area contributed by atoms with Gasteiger partial charge < -0.3 is 9.80 Å². The molecule has 0 aliphatic carbocycles. The number of anilines is 6. The van der Waals surface area contributed by atoms with Gasteiger partial charge in [0.25, 0.3) is 6.71 Å². The Hall–Kier alpha value is -5.80. The van der Waals surface area contributed by atoms with E-state index in [0.717, 1.165) is 5.69 Å². The van der Waals surface area contributed by atoms with Crippen LogP contribution in [-0.4, -0.2) is 6.71 Å². The minimum absolute atomic E-state index is 0.104. The van der Waals surface area contributed by atoms with Gasteiger partial charge in [-0.15, -0.1) is 0 Å². The standard InChI is InChI=1S/C45H35BN2/c1-30-14-20-33(21-15-30)35-8-6-9-38(28-35)48-43-13-7-12-42-45(43)46(40-27-24-36(29-44(40)48)34-22-16-31(2)17-23-34)39-10-4-5-11-41(39)47(42)37-25-18-32(3)19-26-37/h4-29H,1-3H3. The van der Waals surface area contributed by atoms with Gasteiger partial charge in [-0.05, 0) is 108 Å². The number of hydrogen-bond donors (Lipinski definition) is 0. The highest BCUT2D eigenvalue weighted by atomic mass is 15.2. The van der Waals surface area contributed by atoms with Crippen LogP contribution in [0.15, 0.2) is 158 Å². The molecule has 0 spiro atoms. The number of rotatable bonds is 4. The van der Waals surface area contributed by atoms with Crippen LogP contribution in [0.25, 0.3) is 22.3 Å². The highest BCUT2D eigenvalue weighted by Gasteiger charge is 2.43. The third-order valence-electron chi connectivity index (χ3n) is 10.1. The second kappa shape index (κ2) is 11.2. The first-order chi connectivity index (χ1) is 23.5. The lowest BCUT2D eigenvalue weighted by Gasteiger charge is -2.44. The van der Waals surface area contributed by atoms with Crippen molar-refractivity contribution in [2.45, 2.75) is 20.8 Å². The zero-order chi connectivity index (χ0) is 32.4. The molecule has 2 heterocycles. The molecular weight excluding hydrogens is 579 g/mol. The van der Waals surface area contributed by atoms with Crippen molar-refractivity contribution in [1.29, 1.82) is 0 Å². The van der Waals surface area contributed by atoms with E-state index in [2.05, 4.69) is 188 Å². The molecule has 0 unspecified atom stereocenters. The molecule has 0 fully saturated rings. The molecule has 0 radical (unpaired) electrons. The predicted octanol–water partition coefficient (Wildman–Crippen LogP) is 10.0. The third kappa shape index (κ3) is 4.58. The summed E-state index contributed by atoms with van der Waals surface area (Å²) >= 11 is 0. The Morgan fingerprint density at radius 2 is 0.854 bits per heavy atom. The molecular formula is C45H35BN2. The van der Waals surface area contributed by atoms with Crippen molar-refractivity contribution in [2.24, 2.45) is 0 Å². The molecule has 2 aliphatic heterocycles. The van der Waals surface area contributed by atoms with Gasteiger partial charge in [0.2, 0.25) is 0 Å². The molecule has 7 aromatic rings. The van der Waals surface area contributed by atoms with Gasteiger partial charge in [0.05, 0.1) is 0 Å². The van der Waals surface area contributed by atoms with Crippen molar-refractivity contribution in [1.82, 2.24) is 0 Å². The smallest absolute Gasteiger partial charge is 0.252 e. The van der Waals surface area contributed by atoms with E-state index in [0.29, 0.717) is 0 Å². The van der Waals surface area contributed by atoms with Crippen molar-refractivity contribution in [3.63, 3.8) is 0 Å². The zero-order valence-electron chi connectivity index (χ0n) is 27.5. The van der Waals surface area contributed by atoms with Crippen LogP contribution in [0.1, 0.15) is 16.7 Å². The molecule has 2 nitrogen and oxygen atoms in total. The fourth-order valence-corrected chi connectivity index (χ4v) is 7.63. The number of benzene rings is 7. The van der Waals surface area contributed by atoms with E-state index in [4.69, 9.17) is 0 Å². The average molecular weight is 615 g/mol. The lowest BCUT2D eigenvalue weighted by Crippen LogP contribution is -2.61. The van der Waals surface area contributed by atoms with Gasteiger partial charge >= 0.3 is 0 Å². The summed E-state index contributed by atoms with van der Waals surface area (Å²) in [4.78, 5) is 4.96. The summed E-state index contributed by atoms with van der Waals surface area (Å²) in [5, 5.41) is 0. The molecule has 0 saturated heterocycles. The van der Waals surface area contributed by atoms with Gasteiger partial charge in [-0.25, -0.2) is 0 Å². The number of fused-ring (bicyclic) bond motifs is 4. The van der Waals surface area contributed by atoms with E-state index in [1.165, 1.54) is 83.8 Å². The maximum atomic E-state index is 2.50. The lowest BCUT2D eigenvalue weighted by molar-refractivity contribution is 1.25. The van der Waals surface area contributed by atoms with Gasteiger partial charge in [0.1, 0.15) is 0 Å². The summed E-state index contributed by atoms with van der Waals surface area (Å²) in [6.45, 7) is 6.55. The van der Waals surface area contributed by atoms with E-state index < -0.39 is 0 Å². The summed E-state index contributed by atoms with van der Waals surface area (Å²) in [6, 6.07) is 58.6. The van der Waals surface area contributed by atoms with Crippen LogP contribution in [0.3, 0.4) is 0 Å². The Morgan fingerprint density at radius 1 is 0.354 bits per heavy atom. The molecule has 3 heteroatoms. The Kier molecular flexibility index (Phi) is 6.62. The molecule has 2 aliphatic rings. The quantitative estimate of drug-likeness (QED) is 0.182. The van der Waals surface area contributed by atoms with Gasteiger partial charge in [-0.1, -0.05) is 126 Å². The Morgan fingerprint density at radius 3 is 1.52 bits per heavy atom. The van der Waals surface area contributed by atoms with Gasteiger partial charge in [-0.3, -0.25) is 0 Å². The Bertz CT molecular complexity index is 2320. The fraction of sp³-hybridized carbons (Fsp3) is 0.0667.